The van der Waals surface area contributed by atoms with E-state index in [0.717, 1.165) is 19.4 Å². The van der Waals surface area contributed by atoms with Crippen molar-refractivity contribution in [3.63, 3.8) is 0 Å². The first-order valence-corrected chi connectivity index (χ1v) is 6.99. The fourth-order valence-electron chi connectivity index (χ4n) is 2.79. The van der Waals surface area contributed by atoms with Crippen LogP contribution in [0.15, 0.2) is 24.9 Å². The van der Waals surface area contributed by atoms with Crippen molar-refractivity contribution >= 4 is 0 Å². The smallest absolute Gasteiger partial charge is 0.0881 e. The summed E-state index contributed by atoms with van der Waals surface area (Å²) < 4.78 is 8.23. The highest BCUT2D eigenvalue weighted by Gasteiger charge is 2.32. The van der Waals surface area contributed by atoms with Crippen LogP contribution in [0.1, 0.15) is 44.2 Å². The molecule has 3 heteroatoms. The largest absolute Gasteiger partial charge is 0.369 e. The third kappa shape index (κ3) is 3.22. The molecule has 0 aromatic carbocycles. The van der Waals surface area contributed by atoms with Gasteiger partial charge in [0, 0.05) is 11.9 Å². The molecular formula is C15H24N2O. The van der Waals surface area contributed by atoms with Crippen molar-refractivity contribution in [3.8, 4) is 0 Å². The summed E-state index contributed by atoms with van der Waals surface area (Å²) in [5.74, 6) is 0. The Balaban J connectivity index is 2.12. The predicted molar refractivity (Wildman–Crippen MR) is 73.5 cm³/mol. The van der Waals surface area contributed by atoms with E-state index in [4.69, 9.17) is 4.74 Å². The Morgan fingerprint density at radius 1 is 1.39 bits per heavy atom. The van der Waals surface area contributed by atoms with E-state index in [0.29, 0.717) is 6.61 Å². The third-order valence-electron chi connectivity index (χ3n) is 3.89. The number of hydrogen-bond acceptors (Lipinski definition) is 2. The molecule has 0 saturated heterocycles. The van der Waals surface area contributed by atoms with Gasteiger partial charge in [0.2, 0.25) is 0 Å². The quantitative estimate of drug-likeness (QED) is 0.589. The molecule has 0 amide bonds. The molecule has 1 heterocycles. The van der Waals surface area contributed by atoms with Crippen molar-refractivity contribution in [2.75, 3.05) is 6.61 Å². The second kappa shape index (κ2) is 6.19. The van der Waals surface area contributed by atoms with Gasteiger partial charge in [-0.05, 0) is 25.8 Å². The van der Waals surface area contributed by atoms with Crippen LogP contribution in [-0.4, -0.2) is 22.0 Å². The Labute approximate surface area is 110 Å². The Morgan fingerprint density at radius 3 is 2.67 bits per heavy atom. The first kappa shape index (κ1) is 13.3. The first-order chi connectivity index (χ1) is 8.76. The van der Waals surface area contributed by atoms with Gasteiger partial charge < -0.3 is 4.74 Å². The lowest BCUT2D eigenvalue weighted by molar-refractivity contribution is -0.0574. The van der Waals surface area contributed by atoms with E-state index < -0.39 is 0 Å². The fourth-order valence-corrected chi connectivity index (χ4v) is 2.79. The van der Waals surface area contributed by atoms with Gasteiger partial charge in [0.1, 0.15) is 0 Å². The molecule has 2 rings (SSSR count). The third-order valence-corrected chi connectivity index (χ3v) is 3.89. The zero-order valence-electron chi connectivity index (χ0n) is 11.4. The minimum atomic E-state index is -0.0402. The molecule has 1 aromatic rings. The van der Waals surface area contributed by atoms with Gasteiger partial charge in [0.15, 0.2) is 0 Å². The van der Waals surface area contributed by atoms with Crippen molar-refractivity contribution in [2.24, 2.45) is 0 Å². The lowest BCUT2D eigenvalue weighted by atomic mass is 9.94. The molecule has 0 bridgehead atoms. The van der Waals surface area contributed by atoms with Crippen LogP contribution >= 0.6 is 0 Å². The van der Waals surface area contributed by atoms with Crippen LogP contribution in [0.2, 0.25) is 0 Å². The van der Waals surface area contributed by atoms with Crippen LogP contribution in [0.4, 0.5) is 0 Å². The van der Waals surface area contributed by atoms with E-state index in [2.05, 4.69) is 29.3 Å². The number of rotatable bonds is 5. The summed E-state index contributed by atoms with van der Waals surface area (Å²) in [6.45, 7) is 7.38. The average Bonchev–Trinajstić information content (AvgIpc) is 2.65. The molecule has 1 saturated carbocycles. The van der Waals surface area contributed by atoms with Crippen molar-refractivity contribution in [3.05, 3.63) is 30.6 Å². The van der Waals surface area contributed by atoms with E-state index in [1.807, 2.05) is 12.3 Å². The number of aryl methyl sites for hydroxylation is 1. The Morgan fingerprint density at radius 2 is 2.11 bits per heavy atom. The molecule has 3 nitrogen and oxygen atoms in total. The van der Waals surface area contributed by atoms with Gasteiger partial charge in [-0.25, -0.2) is 0 Å². The Kier molecular flexibility index (Phi) is 4.59. The minimum absolute atomic E-state index is 0.0402. The summed E-state index contributed by atoms with van der Waals surface area (Å²) in [6, 6.07) is 2.05. The number of hydrogen-bond donors (Lipinski definition) is 0. The highest BCUT2D eigenvalue weighted by Crippen LogP contribution is 2.32. The van der Waals surface area contributed by atoms with Crippen LogP contribution in [0.25, 0.3) is 0 Å². The molecule has 1 aliphatic rings. The Hall–Kier alpha value is -1.09. The SMILES string of the molecule is C=CCOC1(Cn2nccc2C)CCCCCC1. The molecule has 1 fully saturated rings. The highest BCUT2D eigenvalue weighted by molar-refractivity contribution is 4.98. The molecule has 0 atom stereocenters. The zero-order valence-corrected chi connectivity index (χ0v) is 11.4. The second-order valence-corrected chi connectivity index (χ2v) is 5.33. The van der Waals surface area contributed by atoms with Gasteiger partial charge in [0.05, 0.1) is 18.8 Å². The summed E-state index contributed by atoms with van der Waals surface area (Å²) in [5, 5.41) is 4.40. The molecule has 1 aliphatic carbocycles. The van der Waals surface area contributed by atoms with Crippen molar-refractivity contribution in [1.82, 2.24) is 9.78 Å². The molecule has 0 aliphatic heterocycles. The van der Waals surface area contributed by atoms with Gasteiger partial charge in [-0.3, -0.25) is 4.68 Å². The van der Waals surface area contributed by atoms with Crippen molar-refractivity contribution in [1.29, 1.82) is 0 Å². The van der Waals surface area contributed by atoms with Crippen LogP contribution < -0.4 is 0 Å². The first-order valence-electron chi connectivity index (χ1n) is 6.99. The highest BCUT2D eigenvalue weighted by atomic mass is 16.5. The molecule has 100 valence electrons. The molecule has 0 spiro atoms. The molecule has 0 unspecified atom stereocenters. The van der Waals surface area contributed by atoms with E-state index >= 15 is 0 Å². The second-order valence-electron chi connectivity index (χ2n) is 5.33. The van der Waals surface area contributed by atoms with E-state index in [1.54, 1.807) is 0 Å². The van der Waals surface area contributed by atoms with E-state index in [-0.39, 0.29) is 5.60 Å². The summed E-state index contributed by atoms with van der Waals surface area (Å²) >= 11 is 0. The predicted octanol–water partition coefficient (Wildman–Crippen LogP) is 3.49. The van der Waals surface area contributed by atoms with Gasteiger partial charge in [-0.2, -0.15) is 5.10 Å². The van der Waals surface area contributed by atoms with Gasteiger partial charge in [-0.15, -0.1) is 6.58 Å². The molecule has 1 aromatic heterocycles. The summed E-state index contributed by atoms with van der Waals surface area (Å²) in [4.78, 5) is 0. The van der Waals surface area contributed by atoms with Crippen LogP contribution in [-0.2, 0) is 11.3 Å². The Bertz CT molecular complexity index is 376. The maximum absolute atomic E-state index is 6.15. The van der Waals surface area contributed by atoms with Crippen LogP contribution in [0.5, 0.6) is 0 Å². The topological polar surface area (TPSA) is 27.1 Å². The lowest BCUT2D eigenvalue weighted by Gasteiger charge is -2.33. The van der Waals surface area contributed by atoms with Gasteiger partial charge in [0.25, 0.3) is 0 Å². The maximum Gasteiger partial charge on any atom is 0.0881 e. The van der Waals surface area contributed by atoms with Crippen LogP contribution in [0.3, 0.4) is 0 Å². The summed E-state index contributed by atoms with van der Waals surface area (Å²) in [7, 11) is 0. The minimum Gasteiger partial charge on any atom is -0.369 e. The number of aromatic nitrogens is 2. The fraction of sp³-hybridized carbons (Fsp3) is 0.667. The molecule has 0 radical (unpaired) electrons. The van der Waals surface area contributed by atoms with E-state index in [9.17, 15) is 0 Å². The van der Waals surface area contributed by atoms with Gasteiger partial charge >= 0.3 is 0 Å². The molecule has 0 N–H and O–H groups in total. The molecule has 18 heavy (non-hydrogen) atoms. The van der Waals surface area contributed by atoms with E-state index in [1.165, 1.54) is 31.4 Å². The summed E-state index contributed by atoms with van der Waals surface area (Å²) in [6.07, 6.45) is 11.2. The number of ether oxygens (including phenoxy) is 1. The number of nitrogens with zero attached hydrogens (tertiary/aromatic N) is 2. The van der Waals surface area contributed by atoms with Crippen LogP contribution in [0, 0.1) is 6.92 Å². The van der Waals surface area contributed by atoms with Crippen molar-refractivity contribution in [2.45, 2.75) is 57.6 Å². The lowest BCUT2D eigenvalue weighted by Crippen LogP contribution is -2.38. The maximum atomic E-state index is 6.15. The monoisotopic (exact) mass is 248 g/mol. The zero-order chi connectivity index (χ0) is 12.8. The van der Waals surface area contributed by atoms with Gasteiger partial charge in [-0.1, -0.05) is 31.8 Å². The summed E-state index contributed by atoms with van der Waals surface area (Å²) in [5.41, 5.74) is 1.17. The standard InChI is InChI=1S/C15H24N2O/c1-3-12-18-15(9-6-4-5-7-10-15)13-17-14(2)8-11-16-17/h3,8,11H,1,4-7,9-10,12-13H2,2H3. The molecular weight excluding hydrogens is 224 g/mol. The average molecular weight is 248 g/mol. The van der Waals surface area contributed by atoms with Crippen molar-refractivity contribution < 1.29 is 4.74 Å². The normalized spacial score (nSPS) is 19.4.